The van der Waals surface area contributed by atoms with Crippen molar-refractivity contribution in [1.82, 2.24) is 9.88 Å². The SMILES string of the molecule is CCN(C)/C=N\c1cc(Br)c(NC)nc1C. The summed E-state index contributed by atoms with van der Waals surface area (Å²) in [6, 6.07) is 1.97. The lowest BCUT2D eigenvalue weighted by atomic mass is 10.3. The molecule has 0 unspecified atom stereocenters. The fourth-order valence-corrected chi connectivity index (χ4v) is 1.62. The highest BCUT2D eigenvalue weighted by atomic mass is 79.9. The van der Waals surface area contributed by atoms with Crippen LogP contribution in [-0.4, -0.2) is 36.9 Å². The molecule has 0 aliphatic heterocycles. The Kier molecular flexibility index (Phi) is 4.73. The number of aliphatic imine (C=N–C) groups is 1. The summed E-state index contributed by atoms with van der Waals surface area (Å²) < 4.78 is 0.923. The highest BCUT2D eigenvalue weighted by Crippen LogP contribution is 2.27. The van der Waals surface area contributed by atoms with Crippen molar-refractivity contribution < 1.29 is 0 Å². The lowest BCUT2D eigenvalue weighted by Crippen LogP contribution is -2.14. The number of aromatic nitrogens is 1. The van der Waals surface area contributed by atoms with Crippen molar-refractivity contribution in [2.45, 2.75) is 13.8 Å². The smallest absolute Gasteiger partial charge is 0.140 e. The first kappa shape index (κ1) is 13.0. The van der Waals surface area contributed by atoms with E-state index >= 15 is 0 Å². The molecule has 1 aromatic heterocycles. The molecular weight excluding hydrogens is 268 g/mol. The molecule has 0 atom stereocenters. The minimum atomic E-state index is 0.834. The zero-order valence-electron chi connectivity index (χ0n) is 10.1. The Labute approximate surface area is 105 Å². The predicted molar refractivity (Wildman–Crippen MR) is 72.7 cm³/mol. The van der Waals surface area contributed by atoms with Gasteiger partial charge in [0.15, 0.2) is 0 Å². The maximum atomic E-state index is 4.40. The van der Waals surface area contributed by atoms with Crippen molar-refractivity contribution in [3.63, 3.8) is 0 Å². The molecular formula is C11H17BrN4. The average Bonchev–Trinajstić information content (AvgIpc) is 2.29. The van der Waals surface area contributed by atoms with Gasteiger partial charge in [-0.05, 0) is 35.8 Å². The van der Waals surface area contributed by atoms with Crippen molar-refractivity contribution in [1.29, 1.82) is 0 Å². The van der Waals surface area contributed by atoms with E-state index in [1.165, 1.54) is 0 Å². The van der Waals surface area contributed by atoms with Crippen molar-refractivity contribution in [3.05, 3.63) is 16.2 Å². The number of nitrogens with one attached hydrogen (secondary N) is 1. The first-order chi connectivity index (χ1) is 7.58. The molecule has 0 fully saturated rings. The molecule has 0 aromatic carbocycles. The summed E-state index contributed by atoms with van der Waals surface area (Å²) in [5, 5.41) is 3.02. The van der Waals surface area contributed by atoms with E-state index in [0.717, 1.165) is 28.2 Å². The standard InChI is InChI=1S/C11H17BrN4/c1-5-16(4)7-14-10-6-9(12)11(13-3)15-8(10)2/h6-7H,5H2,1-4H3,(H,13,15)/b14-7-. The molecule has 0 spiro atoms. The summed E-state index contributed by atoms with van der Waals surface area (Å²) in [7, 11) is 3.84. The third-order valence-corrected chi connectivity index (χ3v) is 2.87. The Bertz CT molecular complexity index is 390. The van der Waals surface area contributed by atoms with Crippen LogP contribution in [0.1, 0.15) is 12.6 Å². The first-order valence-electron chi connectivity index (χ1n) is 5.17. The van der Waals surface area contributed by atoms with Crippen LogP contribution in [0.2, 0.25) is 0 Å². The fourth-order valence-electron chi connectivity index (χ4n) is 1.12. The van der Waals surface area contributed by atoms with Crippen LogP contribution in [0, 0.1) is 6.92 Å². The van der Waals surface area contributed by atoms with Gasteiger partial charge in [0.05, 0.1) is 22.2 Å². The second kappa shape index (κ2) is 5.84. The van der Waals surface area contributed by atoms with Crippen LogP contribution < -0.4 is 5.32 Å². The molecule has 0 aliphatic rings. The molecule has 0 radical (unpaired) electrons. The molecule has 0 bridgehead atoms. The van der Waals surface area contributed by atoms with Gasteiger partial charge in [0.2, 0.25) is 0 Å². The van der Waals surface area contributed by atoms with E-state index in [2.05, 4.69) is 38.1 Å². The van der Waals surface area contributed by atoms with E-state index in [9.17, 15) is 0 Å². The molecule has 1 heterocycles. The molecule has 0 aliphatic carbocycles. The number of anilines is 1. The van der Waals surface area contributed by atoms with Gasteiger partial charge in [-0.25, -0.2) is 9.98 Å². The maximum absolute atomic E-state index is 4.40. The third kappa shape index (κ3) is 3.20. The molecule has 1 N–H and O–H groups in total. The molecule has 0 amide bonds. The minimum absolute atomic E-state index is 0.834. The van der Waals surface area contributed by atoms with Gasteiger partial charge >= 0.3 is 0 Å². The Morgan fingerprint density at radius 3 is 2.88 bits per heavy atom. The number of aryl methyl sites for hydroxylation is 1. The van der Waals surface area contributed by atoms with E-state index in [-0.39, 0.29) is 0 Å². The zero-order valence-corrected chi connectivity index (χ0v) is 11.7. The summed E-state index contributed by atoms with van der Waals surface area (Å²) in [6.45, 7) is 4.97. The lowest BCUT2D eigenvalue weighted by Gasteiger charge is -2.10. The zero-order chi connectivity index (χ0) is 12.1. The number of nitrogens with zero attached hydrogens (tertiary/aromatic N) is 3. The monoisotopic (exact) mass is 284 g/mol. The lowest BCUT2D eigenvalue weighted by molar-refractivity contribution is 0.552. The van der Waals surface area contributed by atoms with Crippen LogP contribution in [0.3, 0.4) is 0 Å². The molecule has 4 nitrogen and oxygen atoms in total. The Morgan fingerprint density at radius 1 is 1.62 bits per heavy atom. The van der Waals surface area contributed by atoms with Crippen LogP contribution in [0.4, 0.5) is 11.5 Å². The minimum Gasteiger partial charge on any atom is -0.372 e. The van der Waals surface area contributed by atoms with E-state index in [4.69, 9.17) is 0 Å². The Balaban J connectivity index is 2.98. The average molecular weight is 285 g/mol. The summed E-state index contributed by atoms with van der Waals surface area (Å²) >= 11 is 3.45. The maximum Gasteiger partial charge on any atom is 0.140 e. The molecule has 0 saturated carbocycles. The van der Waals surface area contributed by atoms with Crippen LogP contribution in [0.15, 0.2) is 15.5 Å². The number of halogens is 1. The summed E-state index contributed by atoms with van der Waals surface area (Å²) in [5.74, 6) is 0.834. The predicted octanol–water partition coefficient (Wildman–Crippen LogP) is 2.81. The molecule has 1 rings (SSSR count). The van der Waals surface area contributed by atoms with E-state index in [1.54, 1.807) is 0 Å². The first-order valence-corrected chi connectivity index (χ1v) is 5.97. The van der Waals surface area contributed by atoms with E-state index in [0.29, 0.717) is 0 Å². The number of pyridine rings is 1. The van der Waals surface area contributed by atoms with E-state index in [1.807, 2.05) is 38.3 Å². The van der Waals surface area contributed by atoms with Crippen molar-refractivity contribution in [2.24, 2.45) is 4.99 Å². The Morgan fingerprint density at radius 2 is 2.31 bits per heavy atom. The highest BCUT2D eigenvalue weighted by Gasteiger charge is 2.04. The van der Waals surface area contributed by atoms with Gasteiger partial charge in [0, 0.05) is 20.6 Å². The highest BCUT2D eigenvalue weighted by molar-refractivity contribution is 9.10. The normalized spacial score (nSPS) is 10.8. The van der Waals surface area contributed by atoms with Crippen LogP contribution in [-0.2, 0) is 0 Å². The van der Waals surface area contributed by atoms with Gasteiger partial charge in [0.25, 0.3) is 0 Å². The van der Waals surface area contributed by atoms with Gasteiger partial charge in [-0.3, -0.25) is 0 Å². The molecule has 5 heteroatoms. The number of hydrogen-bond donors (Lipinski definition) is 1. The molecule has 88 valence electrons. The second-order valence-electron chi connectivity index (χ2n) is 3.49. The molecule has 1 aromatic rings. The fraction of sp³-hybridized carbons (Fsp3) is 0.455. The largest absolute Gasteiger partial charge is 0.372 e. The Hall–Kier alpha value is -1.10. The van der Waals surface area contributed by atoms with Crippen LogP contribution in [0.25, 0.3) is 0 Å². The van der Waals surface area contributed by atoms with Crippen molar-refractivity contribution in [2.75, 3.05) is 26.0 Å². The molecule has 16 heavy (non-hydrogen) atoms. The van der Waals surface area contributed by atoms with Crippen LogP contribution in [0.5, 0.6) is 0 Å². The molecule has 0 saturated heterocycles. The van der Waals surface area contributed by atoms with Gasteiger partial charge in [0.1, 0.15) is 5.82 Å². The second-order valence-corrected chi connectivity index (χ2v) is 4.35. The summed E-state index contributed by atoms with van der Waals surface area (Å²) in [6.07, 6.45) is 1.81. The number of hydrogen-bond acceptors (Lipinski definition) is 3. The van der Waals surface area contributed by atoms with Crippen molar-refractivity contribution in [3.8, 4) is 0 Å². The third-order valence-electron chi connectivity index (χ3n) is 2.27. The van der Waals surface area contributed by atoms with Crippen LogP contribution >= 0.6 is 15.9 Å². The van der Waals surface area contributed by atoms with E-state index < -0.39 is 0 Å². The van der Waals surface area contributed by atoms with Gasteiger partial charge in [-0.2, -0.15) is 0 Å². The topological polar surface area (TPSA) is 40.5 Å². The van der Waals surface area contributed by atoms with Gasteiger partial charge in [-0.15, -0.1) is 0 Å². The summed E-state index contributed by atoms with van der Waals surface area (Å²) in [5.41, 5.74) is 1.79. The quantitative estimate of drug-likeness (QED) is 0.683. The summed E-state index contributed by atoms with van der Waals surface area (Å²) in [4.78, 5) is 10.8. The van der Waals surface area contributed by atoms with Crippen molar-refractivity contribution >= 4 is 33.8 Å². The number of rotatable bonds is 4. The van der Waals surface area contributed by atoms with Gasteiger partial charge < -0.3 is 10.2 Å². The van der Waals surface area contributed by atoms with Gasteiger partial charge in [-0.1, -0.05) is 0 Å².